The Morgan fingerprint density at radius 3 is 2.05 bits per heavy atom. The zero-order valence-corrected chi connectivity index (χ0v) is 15.4. The predicted molar refractivity (Wildman–Crippen MR) is 99.4 cm³/mol. The normalized spacial score (nSPS) is 16.1. The number of nitrogens with zero attached hydrogens (tertiary/aromatic N) is 1. The second kappa shape index (κ2) is 9.96. The van der Waals surface area contributed by atoms with Gasteiger partial charge in [0, 0.05) is 18.4 Å². The molecule has 3 atom stereocenters. The molecule has 22 heavy (non-hydrogen) atoms. The summed E-state index contributed by atoms with van der Waals surface area (Å²) < 4.78 is 0.822. The highest BCUT2D eigenvalue weighted by Crippen LogP contribution is 2.25. The third-order valence-electron chi connectivity index (χ3n) is 4.76. The van der Waals surface area contributed by atoms with Gasteiger partial charge in [-0.15, -0.1) is 6.58 Å². The van der Waals surface area contributed by atoms with E-state index in [1.54, 1.807) is 0 Å². The first-order valence-corrected chi connectivity index (χ1v) is 8.57. The Morgan fingerprint density at radius 1 is 1.09 bits per heavy atom. The van der Waals surface area contributed by atoms with Crippen molar-refractivity contribution < 1.29 is 4.48 Å². The molecular formula is C19H38N3+. The summed E-state index contributed by atoms with van der Waals surface area (Å²) in [6.45, 7) is 14.1. The van der Waals surface area contributed by atoms with Crippen molar-refractivity contribution in [1.82, 2.24) is 0 Å². The van der Waals surface area contributed by atoms with E-state index in [4.69, 9.17) is 11.1 Å². The van der Waals surface area contributed by atoms with Crippen molar-refractivity contribution in [3.63, 3.8) is 0 Å². The van der Waals surface area contributed by atoms with Gasteiger partial charge in [0.2, 0.25) is 0 Å². The molecule has 0 saturated heterocycles. The van der Waals surface area contributed by atoms with Crippen LogP contribution in [0.1, 0.15) is 52.9 Å². The summed E-state index contributed by atoms with van der Waals surface area (Å²) in [6.07, 6.45) is 9.58. The van der Waals surface area contributed by atoms with Crippen molar-refractivity contribution in [2.24, 2.45) is 11.7 Å². The van der Waals surface area contributed by atoms with Crippen LogP contribution >= 0.6 is 0 Å². The van der Waals surface area contributed by atoms with Crippen LogP contribution in [0.25, 0.3) is 0 Å². The lowest BCUT2D eigenvalue weighted by Crippen LogP contribution is -2.59. The lowest BCUT2D eigenvalue weighted by molar-refractivity contribution is -0.926. The molecule has 3 N–H and O–H groups in total. The number of hydrogen-bond donors (Lipinski definition) is 2. The molecule has 0 spiro atoms. The van der Waals surface area contributed by atoms with Crippen LogP contribution in [0.3, 0.4) is 0 Å². The average Bonchev–Trinajstić information content (AvgIpc) is 2.40. The molecule has 128 valence electrons. The number of nitrogens with one attached hydrogen (secondary N) is 1. The van der Waals surface area contributed by atoms with Crippen LogP contribution in [-0.4, -0.2) is 42.4 Å². The molecule has 0 amide bonds. The molecule has 0 aromatic heterocycles. The molecule has 0 bridgehead atoms. The molecule has 0 aliphatic carbocycles. The monoisotopic (exact) mass is 308 g/mol. The van der Waals surface area contributed by atoms with Crippen molar-refractivity contribution in [2.45, 2.75) is 71.0 Å². The lowest BCUT2D eigenvalue weighted by Gasteiger charge is -2.45. The molecule has 0 aliphatic rings. The van der Waals surface area contributed by atoms with Crippen molar-refractivity contribution in [1.29, 1.82) is 5.41 Å². The van der Waals surface area contributed by atoms with Gasteiger partial charge in [0.1, 0.15) is 12.1 Å². The van der Waals surface area contributed by atoms with E-state index >= 15 is 0 Å². The van der Waals surface area contributed by atoms with Crippen molar-refractivity contribution in [2.75, 3.05) is 14.1 Å². The molecule has 0 radical (unpaired) electrons. The van der Waals surface area contributed by atoms with Gasteiger partial charge in [-0.2, -0.15) is 0 Å². The smallest absolute Gasteiger partial charge is 0.129 e. The SMILES string of the molecule is C=CC(N)CCCCCC(C=C)[N+](C)(C)C(C(C)=N)C(C)C. The van der Waals surface area contributed by atoms with E-state index in [1.165, 1.54) is 12.8 Å². The highest BCUT2D eigenvalue weighted by atomic mass is 15.4. The first-order valence-electron chi connectivity index (χ1n) is 8.57. The van der Waals surface area contributed by atoms with Gasteiger partial charge in [0.25, 0.3) is 0 Å². The molecule has 3 unspecified atom stereocenters. The molecule has 3 nitrogen and oxygen atoms in total. The third kappa shape index (κ3) is 6.45. The predicted octanol–water partition coefficient (Wildman–Crippen LogP) is 4.15. The second-order valence-corrected chi connectivity index (χ2v) is 7.34. The second-order valence-electron chi connectivity index (χ2n) is 7.34. The Labute approximate surface area is 138 Å². The average molecular weight is 309 g/mol. The Balaban J connectivity index is 4.57. The molecule has 0 rings (SSSR count). The number of rotatable bonds is 12. The molecule has 0 aliphatic heterocycles. The first-order chi connectivity index (χ1) is 10.2. The van der Waals surface area contributed by atoms with E-state index in [9.17, 15) is 0 Å². The maximum Gasteiger partial charge on any atom is 0.129 e. The fourth-order valence-corrected chi connectivity index (χ4v) is 3.72. The quantitative estimate of drug-likeness (QED) is 0.242. The zero-order chi connectivity index (χ0) is 17.3. The van der Waals surface area contributed by atoms with Crippen LogP contribution in [0.4, 0.5) is 0 Å². The Morgan fingerprint density at radius 2 is 1.64 bits per heavy atom. The van der Waals surface area contributed by atoms with E-state index in [1.807, 2.05) is 13.0 Å². The lowest BCUT2D eigenvalue weighted by atomic mass is 9.92. The number of nitrogens with two attached hydrogens (primary N) is 1. The molecular weight excluding hydrogens is 270 g/mol. The number of unbranched alkanes of at least 4 members (excludes halogenated alkanes) is 2. The van der Waals surface area contributed by atoms with Crippen LogP contribution in [0.15, 0.2) is 25.3 Å². The first kappa shape index (κ1) is 21.1. The summed E-state index contributed by atoms with van der Waals surface area (Å²) >= 11 is 0. The minimum atomic E-state index is 0.133. The van der Waals surface area contributed by atoms with E-state index in [0.717, 1.165) is 29.5 Å². The summed E-state index contributed by atoms with van der Waals surface area (Å²) in [5.74, 6) is 0.459. The molecule has 0 aromatic carbocycles. The van der Waals surface area contributed by atoms with Crippen LogP contribution in [0, 0.1) is 11.3 Å². The van der Waals surface area contributed by atoms with E-state index in [-0.39, 0.29) is 12.1 Å². The third-order valence-corrected chi connectivity index (χ3v) is 4.76. The highest BCUT2D eigenvalue weighted by molar-refractivity contribution is 5.83. The molecule has 0 saturated carbocycles. The van der Waals surface area contributed by atoms with E-state index < -0.39 is 0 Å². The van der Waals surface area contributed by atoms with Gasteiger partial charge in [0.15, 0.2) is 0 Å². The van der Waals surface area contributed by atoms with E-state index in [0.29, 0.717) is 12.0 Å². The zero-order valence-electron chi connectivity index (χ0n) is 15.4. The van der Waals surface area contributed by atoms with Crippen molar-refractivity contribution >= 4 is 5.71 Å². The minimum absolute atomic E-state index is 0.133. The minimum Gasteiger partial charge on any atom is -0.324 e. The molecule has 0 heterocycles. The van der Waals surface area contributed by atoms with Gasteiger partial charge in [-0.05, 0) is 25.8 Å². The van der Waals surface area contributed by atoms with Crippen LogP contribution in [0.2, 0.25) is 0 Å². The van der Waals surface area contributed by atoms with Gasteiger partial charge in [-0.3, -0.25) is 0 Å². The van der Waals surface area contributed by atoms with E-state index in [2.05, 4.69) is 47.2 Å². The summed E-state index contributed by atoms with van der Waals surface area (Å²) in [7, 11) is 4.48. The van der Waals surface area contributed by atoms with Gasteiger partial charge in [-0.1, -0.05) is 39.3 Å². The van der Waals surface area contributed by atoms with Gasteiger partial charge in [-0.25, -0.2) is 0 Å². The number of quaternary nitrogens is 1. The summed E-state index contributed by atoms with van der Waals surface area (Å²) in [4.78, 5) is 0. The van der Waals surface area contributed by atoms with Crippen LogP contribution < -0.4 is 5.73 Å². The van der Waals surface area contributed by atoms with Crippen molar-refractivity contribution in [3.8, 4) is 0 Å². The van der Waals surface area contributed by atoms with Crippen LogP contribution in [-0.2, 0) is 0 Å². The Kier molecular flexibility index (Phi) is 9.54. The van der Waals surface area contributed by atoms with Gasteiger partial charge < -0.3 is 15.6 Å². The van der Waals surface area contributed by atoms with Gasteiger partial charge >= 0.3 is 0 Å². The van der Waals surface area contributed by atoms with Crippen LogP contribution in [0.5, 0.6) is 0 Å². The fraction of sp³-hybridized carbons (Fsp3) is 0.737. The summed E-state index contributed by atoms with van der Waals surface area (Å²) in [5.41, 5.74) is 6.62. The maximum atomic E-state index is 8.14. The molecule has 3 heteroatoms. The Bertz CT molecular complexity index is 358. The largest absolute Gasteiger partial charge is 0.324 e. The topological polar surface area (TPSA) is 49.9 Å². The maximum absolute atomic E-state index is 8.14. The molecule has 0 fully saturated rings. The van der Waals surface area contributed by atoms with Crippen molar-refractivity contribution in [3.05, 3.63) is 25.3 Å². The summed E-state index contributed by atoms with van der Waals surface area (Å²) in [5, 5.41) is 8.14. The number of likely N-dealkylation sites (N-methyl/N-ethyl adjacent to an activating group) is 1. The molecule has 0 aromatic rings. The standard InChI is InChI=1S/C19H38N3/c1-8-17(21)13-11-10-12-14-18(9-2)22(6,7)19(15(3)4)16(5)20/h8-9,15,17-20H,1-2,10-14,21H2,3-7H3/q+1. The highest BCUT2D eigenvalue weighted by Gasteiger charge is 2.37. The Hall–Kier alpha value is -0.930. The summed E-state index contributed by atoms with van der Waals surface area (Å²) in [6, 6.07) is 0.770. The van der Waals surface area contributed by atoms with Gasteiger partial charge in [0.05, 0.1) is 19.8 Å². The fourth-order valence-electron chi connectivity index (χ4n) is 3.72. The number of hydrogen-bond acceptors (Lipinski definition) is 2.